The van der Waals surface area contributed by atoms with Crippen molar-refractivity contribution in [3.8, 4) is 0 Å². The fourth-order valence-corrected chi connectivity index (χ4v) is 4.22. The minimum atomic E-state index is -0.147. The number of carbonyl (C=O) groups is 3. The number of rotatable bonds is 7. The number of benzene rings is 2. The van der Waals surface area contributed by atoms with Gasteiger partial charge in [0.1, 0.15) is 4.32 Å². The standard InChI is InChI=1S/C23H22N2O3S2/c1-15-5-7-17(8-6-15)14-20-22(28)25(23(29)30-20)13-3-4-21(27)24-19-11-9-18(10-12-19)16(2)26/h5-12,14H,3-4,13H2,1-2H3,(H,24,27)/b20-14+. The van der Waals surface area contributed by atoms with E-state index in [9.17, 15) is 14.4 Å². The van der Waals surface area contributed by atoms with E-state index >= 15 is 0 Å². The van der Waals surface area contributed by atoms with Crippen molar-refractivity contribution in [2.45, 2.75) is 26.7 Å². The minimum Gasteiger partial charge on any atom is -0.326 e. The van der Waals surface area contributed by atoms with Crippen LogP contribution < -0.4 is 5.32 Å². The average molecular weight is 439 g/mol. The Hall–Kier alpha value is -2.77. The lowest BCUT2D eigenvalue weighted by atomic mass is 10.1. The molecule has 1 aliphatic heterocycles. The highest BCUT2D eigenvalue weighted by atomic mass is 32.2. The van der Waals surface area contributed by atoms with Crippen molar-refractivity contribution >= 4 is 57.7 Å². The van der Waals surface area contributed by atoms with Crippen LogP contribution in [0.1, 0.15) is 41.3 Å². The Balaban J connectivity index is 1.51. The molecule has 1 N–H and O–H groups in total. The van der Waals surface area contributed by atoms with Crippen LogP contribution >= 0.6 is 24.0 Å². The molecule has 2 amide bonds. The molecule has 1 fully saturated rings. The predicted octanol–water partition coefficient (Wildman–Crippen LogP) is 4.82. The number of thioether (sulfide) groups is 1. The minimum absolute atomic E-state index is 0.0206. The number of nitrogens with zero attached hydrogens (tertiary/aromatic N) is 1. The molecule has 7 heteroatoms. The first kappa shape index (κ1) is 21.9. The van der Waals surface area contributed by atoms with Crippen LogP contribution in [0.2, 0.25) is 0 Å². The number of Topliss-reactive ketones (excluding diaryl/α,β-unsaturated/α-hetero) is 1. The number of ketones is 1. The van der Waals surface area contributed by atoms with Crippen LogP contribution in [0.5, 0.6) is 0 Å². The molecule has 0 spiro atoms. The van der Waals surface area contributed by atoms with Crippen LogP contribution in [0, 0.1) is 6.92 Å². The Morgan fingerprint density at radius 1 is 1.10 bits per heavy atom. The third kappa shape index (κ3) is 5.64. The van der Waals surface area contributed by atoms with Crippen molar-refractivity contribution in [2.24, 2.45) is 0 Å². The van der Waals surface area contributed by atoms with Crippen molar-refractivity contribution in [1.82, 2.24) is 4.90 Å². The number of thiocarbonyl (C=S) groups is 1. The quantitative estimate of drug-likeness (QED) is 0.381. The number of aryl methyl sites for hydroxylation is 1. The van der Waals surface area contributed by atoms with Crippen molar-refractivity contribution < 1.29 is 14.4 Å². The molecule has 0 atom stereocenters. The number of hydrogen-bond acceptors (Lipinski definition) is 5. The highest BCUT2D eigenvalue weighted by Crippen LogP contribution is 2.32. The molecule has 5 nitrogen and oxygen atoms in total. The second-order valence-electron chi connectivity index (χ2n) is 7.03. The highest BCUT2D eigenvalue weighted by Gasteiger charge is 2.31. The molecule has 1 heterocycles. The van der Waals surface area contributed by atoms with Gasteiger partial charge in [0.05, 0.1) is 4.91 Å². The summed E-state index contributed by atoms with van der Waals surface area (Å²) in [7, 11) is 0. The maximum atomic E-state index is 12.7. The lowest BCUT2D eigenvalue weighted by Crippen LogP contribution is -2.29. The summed E-state index contributed by atoms with van der Waals surface area (Å²) in [5.41, 5.74) is 3.35. The maximum Gasteiger partial charge on any atom is 0.266 e. The zero-order valence-electron chi connectivity index (χ0n) is 16.8. The Kier molecular flexibility index (Phi) is 7.18. The van der Waals surface area contributed by atoms with Crippen LogP contribution in [0.25, 0.3) is 6.08 Å². The number of amides is 2. The Bertz CT molecular complexity index is 1010. The second-order valence-corrected chi connectivity index (χ2v) is 8.71. The van der Waals surface area contributed by atoms with Gasteiger partial charge in [-0.1, -0.05) is 53.8 Å². The predicted molar refractivity (Wildman–Crippen MR) is 125 cm³/mol. The summed E-state index contributed by atoms with van der Waals surface area (Å²) in [5.74, 6) is -0.287. The monoisotopic (exact) mass is 438 g/mol. The molecule has 2 aromatic carbocycles. The summed E-state index contributed by atoms with van der Waals surface area (Å²) in [4.78, 5) is 38.3. The SMILES string of the molecule is CC(=O)c1ccc(NC(=O)CCCN2C(=O)/C(=C\c3ccc(C)cc3)SC2=S)cc1. The van der Waals surface area contributed by atoms with Gasteiger partial charge in [0.25, 0.3) is 5.91 Å². The largest absolute Gasteiger partial charge is 0.326 e. The zero-order valence-corrected chi connectivity index (χ0v) is 18.4. The average Bonchev–Trinajstić information content (AvgIpc) is 2.97. The van der Waals surface area contributed by atoms with Gasteiger partial charge in [0, 0.05) is 24.2 Å². The molecule has 3 rings (SSSR count). The van der Waals surface area contributed by atoms with E-state index in [2.05, 4.69) is 5.32 Å². The van der Waals surface area contributed by atoms with Gasteiger partial charge in [-0.05, 0) is 56.2 Å². The Morgan fingerprint density at radius 2 is 1.77 bits per heavy atom. The van der Waals surface area contributed by atoms with E-state index < -0.39 is 0 Å². The van der Waals surface area contributed by atoms with Gasteiger partial charge >= 0.3 is 0 Å². The van der Waals surface area contributed by atoms with Gasteiger partial charge in [-0.2, -0.15) is 0 Å². The molecule has 0 saturated carbocycles. The maximum absolute atomic E-state index is 12.7. The summed E-state index contributed by atoms with van der Waals surface area (Å²) in [6, 6.07) is 14.7. The van der Waals surface area contributed by atoms with Crippen molar-refractivity contribution in [1.29, 1.82) is 0 Å². The second kappa shape index (κ2) is 9.82. The van der Waals surface area contributed by atoms with E-state index in [1.807, 2.05) is 37.3 Å². The van der Waals surface area contributed by atoms with Gasteiger partial charge in [0.15, 0.2) is 5.78 Å². The van der Waals surface area contributed by atoms with Gasteiger partial charge in [-0.15, -0.1) is 0 Å². The van der Waals surface area contributed by atoms with Crippen molar-refractivity contribution in [3.05, 3.63) is 70.1 Å². The normalized spacial score (nSPS) is 15.0. The molecule has 1 saturated heterocycles. The fourth-order valence-electron chi connectivity index (χ4n) is 2.92. The Labute approximate surface area is 185 Å². The zero-order chi connectivity index (χ0) is 21.7. The van der Waals surface area contributed by atoms with E-state index in [-0.39, 0.29) is 24.0 Å². The summed E-state index contributed by atoms with van der Waals surface area (Å²) in [6.07, 6.45) is 2.61. The van der Waals surface area contributed by atoms with Crippen LogP contribution in [0.15, 0.2) is 53.4 Å². The third-order valence-electron chi connectivity index (χ3n) is 4.61. The first-order valence-corrected chi connectivity index (χ1v) is 10.8. The molecule has 0 bridgehead atoms. The molecule has 0 aliphatic carbocycles. The third-order valence-corrected chi connectivity index (χ3v) is 5.99. The Morgan fingerprint density at radius 3 is 2.40 bits per heavy atom. The van der Waals surface area contributed by atoms with Crippen LogP contribution in [-0.4, -0.2) is 33.4 Å². The molecule has 0 radical (unpaired) electrons. The molecular weight excluding hydrogens is 416 g/mol. The lowest BCUT2D eigenvalue weighted by Gasteiger charge is -2.14. The van der Waals surface area contributed by atoms with Gasteiger partial charge in [-0.25, -0.2) is 0 Å². The molecule has 2 aromatic rings. The molecular formula is C23H22N2O3S2. The smallest absolute Gasteiger partial charge is 0.266 e. The molecule has 154 valence electrons. The van der Waals surface area contributed by atoms with Crippen molar-refractivity contribution in [2.75, 3.05) is 11.9 Å². The van der Waals surface area contributed by atoms with Gasteiger partial charge in [0.2, 0.25) is 5.91 Å². The van der Waals surface area contributed by atoms with Gasteiger partial charge < -0.3 is 5.32 Å². The summed E-state index contributed by atoms with van der Waals surface area (Å²) < 4.78 is 0.513. The summed E-state index contributed by atoms with van der Waals surface area (Å²) in [6.45, 7) is 3.91. The van der Waals surface area contributed by atoms with Crippen LogP contribution in [0.3, 0.4) is 0 Å². The number of hydrogen-bond donors (Lipinski definition) is 1. The first-order chi connectivity index (χ1) is 14.3. The number of nitrogens with one attached hydrogen (secondary N) is 1. The van der Waals surface area contributed by atoms with E-state index in [4.69, 9.17) is 12.2 Å². The highest BCUT2D eigenvalue weighted by molar-refractivity contribution is 8.26. The number of anilines is 1. The van der Waals surface area contributed by atoms with Crippen LogP contribution in [-0.2, 0) is 9.59 Å². The van der Waals surface area contributed by atoms with Crippen LogP contribution in [0.4, 0.5) is 5.69 Å². The van der Waals surface area contributed by atoms with E-state index in [0.29, 0.717) is 33.4 Å². The van der Waals surface area contributed by atoms with Crippen molar-refractivity contribution in [3.63, 3.8) is 0 Å². The topological polar surface area (TPSA) is 66.5 Å². The molecule has 30 heavy (non-hydrogen) atoms. The summed E-state index contributed by atoms with van der Waals surface area (Å²) in [5, 5.41) is 2.80. The van der Waals surface area contributed by atoms with Gasteiger partial charge in [-0.3, -0.25) is 19.3 Å². The molecule has 0 aromatic heterocycles. The molecule has 1 aliphatic rings. The first-order valence-electron chi connectivity index (χ1n) is 9.56. The molecule has 0 unspecified atom stereocenters. The lowest BCUT2D eigenvalue weighted by molar-refractivity contribution is -0.122. The van der Waals surface area contributed by atoms with E-state index in [0.717, 1.165) is 11.1 Å². The van der Waals surface area contributed by atoms with E-state index in [1.165, 1.54) is 18.7 Å². The fraction of sp³-hybridized carbons (Fsp3) is 0.217. The summed E-state index contributed by atoms with van der Waals surface area (Å²) >= 11 is 6.63. The number of carbonyl (C=O) groups excluding carboxylic acids is 3. The van der Waals surface area contributed by atoms with E-state index in [1.54, 1.807) is 29.2 Å².